The summed E-state index contributed by atoms with van der Waals surface area (Å²) in [7, 11) is 1.39. The molecule has 3 rings (SSSR count). The Hall–Kier alpha value is -5.52. The molecule has 352 valence electrons. The summed E-state index contributed by atoms with van der Waals surface area (Å²) in [5, 5.41) is 41.7. The first-order chi connectivity index (χ1) is 29.8. The number of carbonyl (C=O) groups is 10. The standard InChI is InChI=1S/C40H61N7O16/c1-40(38(60)63-47-32(50)10-11-33(47)51)13-4-3-7-29(12-14-40)62-39(61)42(2)24-28(48)6-5-15-41-31(49)9-8-30(37(58)59)46-22-20-44(26-35(54)55)18-16-43(25-34(52)53)17-19-45(21-23-46)27-36(56)57/h3,7,29-30H,4-6,8-27H2,1-2H3,(H,41,49)(H,52,53)(H,54,55)(H,56,57)(H,58,59)/b7-3+/t29-,30?,40+/m1/s1. The van der Waals surface area contributed by atoms with E-state index in [2.05, 4.69) is 5.32 Å². The summed E-state index contributed by atoms with van der Waals surface area (Å²) in [5.41, 5.74) is -1.06. The molecule has 0 aromatic heterocycles. The van der Waals surface area contributed by atoms with E-state index in [9.17, 15) is 68.4 Å². The number of carboxylic acid groups (broad SMARTS) is 4. The van der Waals surface area contributed by atoms with Gasteiger partial charge < -0.3 is 40.2 Å². The van der Waals surface area contributed by atoms with Crippen LogP contribution in [-0.4, -0.2) is 214 Å². The molecule has 2 fully saturated rings. The van der Waals surface area contributed by atoms with Crippen molar-refractivity contribution in [3.05, 3.63) is 12.2 Å². The SMILES string of the molecule is CN(CC(=O)CCCNC(=O)CCC(C(=O)O)N1CCN(CC(=O)O)CCN(CC(=O)O)CCN(CC(=O)O)CC1)C(=O)O[C@@H]1/C=C/CC[C@](C)(C(=O)ON2C(=O)CCC2=O)CC1. The topological polar surface area (TPSA) is 302 Å². The molecule has 5 N–H and O–H groups in total. The molecule has 1 unspecified atom stereocenters. The molecular formula is C40H61N7O16. The van der Waals surface area contributed by atoms with E-state index in [1.54, 1.807) is 38.7 Å². The monoisotopic (exact) mass is 895 g/mol. The Morgan fingerprint density at radius 3 is 1.83 bits per heavy atom. The highest BCUT2D eigenvalue weighted by Gasteiger charge is 2.41. The van der Waals surface area contributed by atoms with Gasteiger partial charge in [-0.3, -0.25) is 58.0 Å². The molecule has 2 heterocycles. The van der Waals surface area contributed by atoms with Crippen molar-refractivity contribution in [2.75, 3.05) is 92.1 Å². The summed E-state index contributed by atoms with van der Waals surface area (Å²) in [4.78, 5) is 135. The third kappa shape index (κ3) is 18.4. The number of hydrogen-bond donors (Lipinski definition) is 5. The molecule has 3 aliphatic rings. The van der Waals surface area contributed by atoms with Gasteiger partial charge in [0.1, 0.15) is 12.1 Å². The summed E-state index contributed by atoms with van der Waals surface area (Å²) < 4.78 is 5.59. The van der Waals surface area contributed by atoms with Crippen LogP contribution in [-0.2, 0) is 52.7 Å². The van der Waals surface area contributed by atoms with Crippen molar-refractivity contribution >= 4 is 59.4 Å². The molecular weight excluding hydrogens is 834 g/mol. The Labute approximate surface area is 364 Å². The van der Waals surface area contributed by atoms with Crippen LogP contribution >= 0.6 is 0 Å². The predicted octanol–water partition coefficient (Wildman–Crippen LogP) is -0.659. The predicted molar refractivity (Wildman–Crippen MR) is 218 cm³/mol. The summed E-state index contributed by atoms with van der Waals surface area (Å²) in [5.74, 6) is -7.27. The van der Waals surface area contributed by atoms with E-state index < -0.39 is 71.2 Å². The minimum Gasteiger partial charge on any atom is -0.480 e. The molecule has 3 atom stereocenters. The van der Waals surface area contributed by atoms with Crippen molar-refractivity contribution in [3.63, 3.8) is 0 Å². The zero-order valence-electron chi connectivity index (χ0n) is 35.9. The molecule has 0 spiro atoms. The van der Waals surface area contributed by atoms with Crippen LogP contribution in [0, 0.1) is 5.41 Å². The maximum absolute atomic E-state index is 13.0. The molecule has 0 bridgehead atoms. The molecule has 0 saturated carbocycles. The number of Topliss-reactive ketones (excluding diaryl/α,β-unsaturated/α-hetero) is 1. The highest BCUT2D eigenvalue weighted by molar-refractivity contribution is 6.01. The molecule has 1 aliphatic carbocycles. The van der Waals surface area contributed by atoms with Crippen LogP contribution in [0.25, 0.3) is 0 Å². The number of nitrogens with one attached hydrogen (secondary N) is 1. The van der Waals surface area contributed by atoms with Crippen LogP contribution in [0.15, 0.2) is 12.2 Å². The highest BCUT2D eigenvalue weighted by Crippen LogP contribution is 2.35. The fourth-order valence-electron chi connectivity index (χ4n) is 7.36. The molecule has 2 saturated heterocycles. The van der Waals surface area contributed by atoms with Crippen LogP contribution in [0.1, 0.15) is 71.1 Å². The van der Waals surface area contributed by atoms with Crippen molar-refractivity contribution in [3.8, 4) is 0 Å². The smallest absolute Gasteiger partial charge is 0.410 e. The number of ketones is 1. The van der Waals surface area contributed by atoms with Crippen molar-refractivity contribution in [2.24, 2.45) is 5.41 Å². The fraction of sp³-hybridized carbons (Fsp3) is 0.700. The van der Waals surface area contributed by atoms with Gasteiger partial charge in [0.2, 0.25) is 5.91 Å². The Bertz CT molecular complexity index is 1660. The maximum atomic E-state index is 13.0. The van der Waals surface area contributed by atoms with Gasteiger partial charge >= 0.3 is 35.9 Å². The Balaban J connectivity index is 1.47. The van der Waals surface area contributed by atoms with Gasteiger partial charge in [0.25, 0.3) is 11.8 Å². The van der Waals surface area contributed by atoms with Crippen LogP contribution in [0.3, 0.4) is 0 Å². The lowest BCUT2D eigenvalue weighted by atomic mass is 9.79. The average Bonchev–Trinajstić information content (AvgIpc) is 3.51. The second-order valence-corrected chi connectivity index (χ2v) is 16.2. The molecule has 0 aromatic rings. The van der Waals surface area contributed by atoms with Crippen molar-refractivity contribution in [1.29, 1.82) is 0 Å². The van der Waals surface area contributed by atoms with E-state index in [-0.39, 0.29) is 142 Å². The van der Waals surface area contributed by atoms with E-state index in [0.717, 1.165) is 4.90 Å². The Morgan fingerprint density at radius 2 is 1.32 bits per heavy atom. The summed E-state index contributed by atoms with van der Waals surface area (Å²) in [6.45, 7) is 1.38. The zero-order valence-corrected chi connectivity index (χ0v) is 35.9. The number of ether oxygens (including phenoxy) is 1. The number of carbonyl (C=O) groups excluding carboxylic acids is 6. The molecule has 4 amide bonds. The van der Waals surface area contributed by atoms with Gasteiger partial charge in [-0.15, -0.1) is 5.06 Å². The minimum atomic E-state index is -1.23. The summed E-state index contributed by atoms with van der Waals surface area (Å²) >= 11 is 0. The van der Waals surface area contributed by atoms with Crippen LogP contribution in [0.5, 0.6) is 0 Å². The Morgan fingerprint density at radius 1 is 0.794 bits per heavy atom. The van der Waals surface area contributed by atoms with E-state index in [1.807, 2.05) is 0 Å². The first-order valence-corrected chi connectivity index (χ1v) is 21.0. The first kappa shape index (κ1) is 51.8. The number of aliphatic carboxylic acids is 4. The van der Waals surface area contributed by atoms with E-state index in [4.69, 9.17) is 9.57 Å². The van der Waals surface area contributed by atoms with Crippen LogP contribution < -0.4 is 5.32 Å². The quantitative estimate of drug-likeness (QED) is 0.0576. The maximum Gasteiger partial charge on any atom is 0.410 e. The lowest BCUT2D eigenvalue weighted by Gasteiger charge is -2.35. The molecule has 63 heavy (non-hydrogen) atoms. The zero-order chi connectivity index (χ0) is 46.7. The first-order valence-electron chi connectivity index (χ1n) is 21.0. The summed E-state index contributed by atoms with van der Waals surface area (Å²) in [6.07, 6.45) is 3.06. The average molecular weight is 896 g/mol. The number of allylic oxidation sites excluding steroid dienone is 1. The third-order valence-corrected chi connectivity index (χ3v) is 11.1. The third-order valence-electron chi connectivity index (χ3n) is 11.1. The lowest BCUT2D eigenvalue weighted by molar-refractivity contribution is -0.205. The van der Waals surface area contributed by atoms with Crippen molar-refractivity contribution in [1.82, 2.24) is 34.9 Å². The minimum absolute atomic E-state index is 0.00298. The molecule has 0 radical (unpaired) electrons. The van der Waals surface area contributed by atoms with Crippen molar-refractivity contribution < 1.29 is 77.9 Å². The largest absolute Gasteiger partial charge is 0.480 e. The fourth-order valence-corrected chi connectivity index (χ4v) is 7.36. The number of hydroxylamine groups is 2. The number of hydrogen-bond acceptors (Lipinski definition) is 16. The van der Waals surface area contributed by atoms with Gasteiger partial charge in [-0.25, -0.2) is 9.59 Å². The van der Waals surface area contributed by atoms with Gasteiger partial charge in [0, 0.05) is 91.6 Å². The van der Waals surface area contributed by atoms with Gasteiger partial charge in [0.05, 0.1) is 31.6 Å². The lowest BCUT2D eigenvalue weighted by Crippen LogP contribution is -2.52. The highest BCUT2D eigenvalue weighted by atomic mass is 16.7. The van der Waals surface area contributed by atoms with Gasteiger partial charge in [-0.2, -0.15) is 0 Å². The van der Waals surface area contributed by atoms with Crippen molar-refractivity contribution in [2.45, 2.75) is 83.3 Å². The van der Waals surface area contributed by atoms with E-state index >= 15 is 0 Å². The number of carboxylic acids is 4. The number of likely N-dealkylation sites (N-methyl/N-ethyl adjacent to an activating group) is 1. The van der Waals surface area contributed by atoms with Crippen LogP contribution in [0.4, 0.5) is 4.79 Å². The molecule has 23 heteroatoms. The number of imide groups is 1. The van der Waals surface area contributed by atoms with E-state index in [0.29, 0.717) is 17.9 Å². The number of nitrogens with zero attached hydrogens (tertiary/aromatic N) is 6. The number of amides is 4. The molecule has 0 aromatic carbocycles. The van der Waals surface area contributed by atoms with Gasteiger partial charge in [0.15, 0.2) is 5.78 Å². The second kappa shape index (κ2) is 25.6. The number of rotatable bonds is 20. The normalized spacial score (nSPS) is 22.3. The molecule has 2 aliphatic heterocycles. The Kier molecular flexibility index (Phi) is 21.0. The van der Waals surface area contributed by atoms with Gasteiger partial charge in [-0.05, 0) is 51.5 Å². The van der Waals surface area contributed by atoms with Gasteiger partial charge in [-0.1, -0.05) is 6.08 Å². The van der Waals surface area contributed by atoms with E-state index in [1.165, 1.54) is 7.05 Å². The second-order valence-electron chi connectivity index (χ2n) is 16.2. The van der Waals surface area contributed by atoms with Crippen LogP contribution in [0.2, 0.25) is 0 Å². The molecule has 23 nitrogen and oxygen atoms in total. The summed E-state index contributed by atoms with van der Waals surface area (Å²) in [6, 6.07) is -1.19.